The van der Waals surface area contributed by atoms with Crippen LogP contribution in [0.3, 0.4) is 0 Å². The Morgan fingerprint density at radius 3 is 2.37 bits per heavy atom. The zero-order valence-corrected chi connectivity index (χ0v) is 16.9. The van der Waals surface area contributed by atoms with E-state index in [1.54, 1.807) is 13.0 Å². The molecule has 3 aliphatic rings. The Labute approximate surface area is 161 Å². The maximum Gasteiger partial charge on any atom is 0.314 e. The van der Waals surface area contributed by atoms with Gasteiger partial charge in [0.05, 0.1) is 36.9 Å². The lowest BCUT2D eigenvalue weighted by molar-refractivity contribution is -0.293. The van der Waals surface area contributed by atoms with Crippen molar-refractivity contribution in [1.82, 2.24) is 0 Å². The largest absolute Gasteiger partial charge is 0.469 e. The summed E-state index contributed by atoms with van der Waals surface area (Å²) in [5.41, 5.74) is -2.97. The molecule has 6 nitrogen and oxygen atoms in total. The van der Waals surface area contributed by atoms with Gasteiger partial charge in [-0.1, -0.05) is 13.0 Å². The molecule has 1 aliphatic heterocycles. The molecular weight excluding hydrogens is 348 g/mol. The maximum absolute atomic E-state index is 12.7. The first-order valence-electron chi connectivity index (χ1n) is 9.93. The third-order valence-corrected chi connectivity index (χ3v) is 8.31. The van der Waals surface area contributed by atoms with Gasteiger partial charge in [0, 0.05) is 11.8 Å². The fourth-order valence-electron chi connectivity index (χ4n) is 6.63. The van der Waals surface area contributed by atoms with E-state index in [9.17, 15) is 20.1 Å². The minimum absolute atomic E-state index is 0.00476. The van der Waals surface area contributed by atoms with E-state index < -0.39 is 40.2 Å². The summed E-state index contributed by atoms with van der Waals surface area (Å²) < 4.78 is 11.5. The quantitative estimate of drug-likeness (QED) is 0.509. The van der Waals surface area contributed by atoms with E-state index >= 15 is 0 Å². The Balaban J connectivity index is 2.05. The molecule has 6 heteroatoms. The van der Waals surface area contributed by atoms with Gasteiger partial charge in [0.25, 0.3) is 0 Å². The highest BCUT2D eigenvalue weighted by Gasteiger charge is 2.69. The van der Waals surface area contributed by atoms with Gasteiger partial charge in [-0.25, -0.2) is 0 Å². The van der Waals surface area contributed by atoms with Crippen molar-refractivity contribution in [3.8, 4) is 0 Å². The van der Waals surface area contributed by atoms with Gasteiger partial charge in [0.1, 0.15) is 5.60 Å². The number of hydrogen-bond acceptors (Lipinski definition) is 6. The van der Waals surface area contributed by atoms with Gasteiger partial charge in [-0.2, -0.15) is 0 Å². The van der Waals surface area contributed by atoms with Crippen molar-refractivity contribution >= 4 is 5.97 Å². The molecule has 3 rings (SSSR count). The first-order chi connectivity index (χ1) is 12.5. The Morgan fingerprint density at radius 1 is 1.19 bits per heavy atom. The number of fused-ring (bicyclic) bond motifs is 3. The van der Waals surface area contributed by atoms with E-state index in [4.69, 9.17) is 9.47 Å². The lowest BCUT2D eigenvalue weighted by Crippen LogP contribution is -2.70. The van der Waals surface area contributed by atoms with Crippen molar-refractivity contribution in [2.24, 2.45) is 22.7 Å². The predicted molar refractivity (Wildman–Crippen MR) is 99.8 cm³/mol. The summed E-state index contributed by atoms with van der Waals surface area (Å²) in [6.45, 7) is 9.56. The number of methoxy groups -OCH3 is 1. The van der Waals surface area contributed by atoms with Crippen LogP contribution in [0.15, 0.2) is 12.7 Å². The third kappa shape index (κ3) is 2.64. The van der Waals surface area contributed by atoms with Crippen LogP contribution in [-0.4, -0.2) is 58.4 Å². The molecule has 3 N–H and O–H groups in total. The molecule has 8 atom stereocenters. The number of esters is 1. The van der Waals surface area contributed by atoms with Crippen molar-refractivity contribution in [3.63, 3.8) is 0 Å². The first kappa shape index (κ1) is 20.8. The van der Waals surface area contributed by atoms with E-state index in [2.05, 4.69) is 6.58 Å². The van der Waals surface area contributed by atoms with Crippen LogP contribution in [0.5, 0.6) is 0 Å². The molecule has 0 bridgehead atoms. The molecular formula is C21H34O6. The van der Waals surface area contributed by atoms with Crippen molar-refractivity contribution in [3.05, 3.63) is 12.7 Å². The fourth-order valence-corrected chi connectivity index (χ4v) is 6.63. The number of carbonyl (C=O) groups excluding carboxylic acids is 1. The van der Waals surface area contributed by atoms with Gasteiger partial charge >= 0.3 is 5.97 Å². The van der Waals surface area contributed by atoms with Crippen LogP contribution in [0, 0.1) is 22.7 Å². The minimum Gasteiger partial charge on any atom is -0.469 e. The monoisotopic (exact) mass is 382 g/mol. The standard InChI is InChI=1S/C21H34O6/c1-6-21(12-22)10-8-13-18(2,27-21)9-7-14-19(13,3)15(23)11-16(24)20(14,4)17(25)26-5/h6,13-16,22-24H,1,7-12H2,2-5H3/t13?,14?,15-,16+,18-,19-,20+,21+/m0/s1. The van der Waals surface area contributed by atoms with Gasteiger partial charge in [0.15, 0.2) is 0 Å². The summed E-state index contributed by atoms with van der Waals surface area (Å²) >= 11 is 0. The zero-order valence-electron chi connectivity index (χ0n) is 16.9. The van der Waals surface area contributed by atoms with E-state index in [1.165, 1.54) is 7.11 Å². The summed E-state index contributed by atoms with van der Waals surface area (Å²) in [7, 11) is 1.35. The highest BCUT2D eigenvalue weighted by molar-refractivity contribution is 5.78. The van der Waals surface area contributed by atoms with E-state index in [1.807, 2.05) is 13.8 Å². The zero-order chi connectivity index (χ0) is 20.3. The van der Waals surface area contributed by atoms with Gasteiger partial charge in [-0.05, 0) is 51.4 Å². The van der Waals surface area contributed by atoms with Crippen LogP contribution in [0.2, 0.25) is 0 Å². The summed E-state index contributed by atoms with van der Waals surface area (Å²) in [6, 6.07) is 0. The van der Waals surface area contributed by atoms with Gasteiger partial charge in [-0.3, -0.25) is 4.79 Å². The van der Waals surface area contributed by atoms with E-state index in [-0.39, 0.29) is 24.9 Å². The van der Waals surface area contributed by atoms with Crippen LogP contribution < -0.4 is 0 Å². The Kier molecular flexibility index (Phi) is 5.04. The fraction of sp³-hybridized carbons (Fsp3) is 0.857. The predicted octanol–water partition coefficient (Wildman–Crippen LogP) is 1.81. The molecule has 1 saturated heterocycles. The number of ether oxygens (including phenoxy) is 2. The van der Waals surface area contributed by atoms with Crippen LogP contribution >= 0.6 is 0 Å². The molecule has 2 unspecified atom stereocenters. The summed E-state index contributed by atoms with van der Waals surface area (Å²) in [5.74, 6) is -0.646. The summed E-state index contributed by atoms with van der Waals surface area (Å²) in [5, 5.41) is 31.7. The summed E-state index contributed by atoms with van der Waals surface area (Å²) in [6.07, 6.45) is 2.80. The number of aliphatic hydroxyl groups excluding tert-OH is 3. The second kappa shape index (κ2) is 6.55. The molecule has 0 amide bonds. The third-order valence-electron chi connectivity index (χ3n) is 8.31. The Morgan fingerprint density at radius 2 is 1.81 bits per heavy atom. The second-order valence-electron chi connectivity index (χ2n) is 9.43. The maximum atomic E-state index is 12.7. The molecule has 0 aromatic heterocycles. The number of aliphatic hydroxyl groups is 3. The molecule has 2 saturated carbocycles. The second-order valence-corrected chi connectivity index (χ2v) is 9.43. The smallest absolute Gasteiger partial charge is 0.314 e. The molecule has 2 aliphatic carbocycles. The Bertz CT molecular complexity index is 622. The lowest BCUT2D eigenvalue weighted by atomic mass is 9.42. The van der Waals surface area contributed by atoms with Gasteiger partial charge in [-0.15, -0.1) is 6.58 Å². The van der Waals surface area contributed by atoms with Gasteiger partial charge in [0.2, 0.25) is 0 Å². The molecule has 0 radical (unpaired) electrons. The first-order valence-corrected chi connectivity index (χ1v) is 9.93. The SMILES string of the molecule is C=C[C@]1(CO)CCC2[C@@]3(C)C(CC[C@]2(C)O1)[C@@](C)(C(=O)OC)[C@H](O)C[C@@H]3O. The van der Waals surface area contributed by atoms with Gasteiger partial charge < -0.3 is 24.8 Å². The molecule has 1 heterocycles. The highest BCUT2D eigenvalue weighted by Crippen LogP contribution is 2.65. The topological polar surface area (TPSA) is 96.2 Å². The number of hydrogen-bond donors (Lipinski definition) is 3. The molecule has 0 spiro atoms. The minimum atomic E-state index is -1.06. The summed E-state index contributed by atoms with van der Waals surface area (Å²) in [4.78, 5) is 12.7. The highest BCUT2D eigenvalue weighted by atomic mass is 16.5. The lowest BCUT2D eigenvalue weighted by Gasteiger charge is -2.66. The van der Waals surface area contributed by atoms with Crippen LogP contribution in [0.25, 0.3) is 0 Å². The molecule has 0 aromatic rings. The number of rotatable bonds is 3. The normalized spacial score (nSPS) is 52.4. The van der Waals surface area contributed by atoms with E-state index in [0.29, 0.717) is 19.3 Å². The van der Waals surface area contributed by atoms with E-state index in [0.717, 1.165) is 6.42 Å². The molecule has 154 valence electrons. The molecule has 0 aromatic carbocycles. The number of carbonyl (C=O) groups is 1. The van der Waals surface area contributed by atoms with Crippen molar-refractivity contribution in [2.75, 3.05) is 13.7 Å². The van der Waals surface area contributed by atoms with Crippen molar-refractivity contribution < 1.29 is 29.6 Å². The van der Waals surface area contributed by atoms with Crippen molar-refractivity contribution in [1.29, 1.82) is 0 Å². The molecule has 27 heavy (non-hydrogen) atoms. The average molecular weight is 382 g/mol. The van der Waals surface area contributed by atoms with Crippen LogP contribution in [0.4, 0.5) is 0 Å². The molecule has 3 fully saturated rings. The van der Waals surface area contributed by atoms with Crippen LogP contribution in [0.1, 0.15) is 52.9 Å². The Hall–Kier alpha value is -0.950. The van der Waals surface area contributed by atoms with Crippen LogP contribution in [-0.2, 0) is 14.3 Å². The average Bonchev–Trinajstić information content (AvgIpc) is 2.64. The van der Waals surface area contributed by atoms with Crippen molar-refractivity contribution in [2.45, 2.75) is 76.3 Å².